The minimum atomic E-state index is -0.560. The standard InChI is InChI=1S/C16H17FN4O3S/c1-10(22)19-8-12-9-21(16(23)24-12)11-3-4-14(13(17)7-11)20-6-5-18-15(20)25-2/h3-7,12H,8-9H2,1-2H3,(H,19,22)/t12-/m0/s1. The van der Waals surface area contributed by atoms with Crippen LogP contribution in [-0.2, 0) is 9.53 Å². The van der Waals surface area contributed by atoms with Crippen molar-refractivity contribution in [2.45, 2.75) is 18.2 Å². The molecule has 1 saturated heterocycles. The van der Waals surface area contributed by atoms with Gasteiger partial charge in [-0.3, -0.25) is 14.3 Å². The topological polar surface area (TPSA) is 76.5 Å². The number of nitrogens with zero attached hydrogens (tertiary/aromatic N) is 3. The molecule has 0 bridgehead atoms. The number of hydrogen-bond acceptors (Lipinski definition) is 5. The maximum Gasteiger partial charge on any atom is 0.414 e. The summed E-state index contributed by atoms with van der Waals surface area (Å²) in [5, 5.41) is 3.27. The zero-order valence-corrected chi connectivity index (χ0v) is 14.5. The number of thioether (sulfide) groups is 1. The fraction of sp³-hybridized carbons (Fsp3) is 0.312. The molecule has 2 heterocycles. The Morgan fingerprint density at radius 1 is 1.52 bits per heavy atom. The van der Waals surface area contributed by atoms with E-state index >= 15 is 0 Å². The number of rotatable bonds is 5. The molecule has 9 heteroatoms. The Balaban J connectivity index is 1.79. The zero-order chi connectivity index (χ0) is 18.0. The molecule has 1 aromatic carbocycles. The highest BCUT2D eigenvalue weighted by Gasteiger charge is 2.32. The van der Waals surface area contributed by atoms with Gasteiger partial charge in [0.1, 0.15) is 11.9 Å². The van der Waals surface area contributed by atoms with Crippen molar-refractivity contribution in [2.75, 3.05) is 24.2 Å². The van der Waals surface area contributed by atoms with Crippen molar-refractivity contribution in [1.82, 2.24) is 14.9 Å². The number of halogens is 1. The van der Waals surface area contributed by atoms with Crippen LogP contribution in [0.25, 0.3) is 5.69 Å². The molecule has 1 aliphatic rings. The molecule has 1 N–H and O–H groups in total. The number of anilines is 1. The second-order valence-electron chi connectivity index (χ2n) is 5.47. The summed E-state index contributed by atoms with van der Waals surface area (Å²) in [5.74, 6) is -0.668. The van der Waals surface area contributed by atoms with Gasteiger partial charge in [-0.25, -0.2) is 14.2 Å². The van der Waals surface area contributed by atoms with E-state index in [1.54, 1.807) is 29.1 Å². The Kier molecular flexibility index (Phi) is 4.93. The van der Waals surface area contributed by atoms with Gasteiger partial charge in [0.05, 0.1) is 24.5 Å². The van der Waals surface area contributed by atoms with E-state index in [-0.39, 0.29) is 19.0 Å². The van der Waals surface area contributed by atoms with Gasteiger partial charge in [0.15, 0.2) is 5.16 Å². The number of aromatic nitrogens is 2. The Morgan fingerprint density at radius 2 is 2.32 bits per heavy atom. The lowest BCUT2D eigenvalue weighted by Crippen LogP contribution is -2.33. The van der Waals surface area contributed by atoms with Crippen molar-refractivity contribution in [3.63, 3.8) is 0 Å². The molecule has 1 aromatic heterocycles. The Hall–Kier alpha value is -2.55. The molecular formula is C16H17FN4O3S. The van der Waals surface area contributed by atoms with E-state index < -0.39 is 18.0 Å². The number of amides is 2. The first-order chi connectivity index (χ1) is 12.0. The van der Waals surface area contributed by atoms with E-state index in [0.29, 0.717) is 16.5 Å². The third kappa shape index (κ3) is 3.60. The fourth-order valence-corrected chi connectivity index (χ4v) is 3.10. The lowest BCUT2D eigenvalue weighted by Gasteiger charge is -2.15. The largest absolute Gasteiger partial charge is 0.442 e. The predicted octanol–water partition coefficient (Wildman–Crippen LogP) is 2.19. The van der Waals surface area contributed by atoms with Gasteiger partial charge in [-0.2, -0.15) is 0 Å². The molecule has 25 heavy (non-hydrogen) atoms. The molecule has 1 aliphatic heterocycles. The van der Waals surface area contributed by atoms with E-state index in [4.69, 9.17) is 4.74 Å². The zero-order valence-electron chi connectivity index (χ0n) is 13.7. The molecule has 7 nitrogen and oxygen atoms in total. The number of carbonyl (C=O) groups is 2. The highest BCUT2D eigenvalue weighted by molar-refractivity contribution is 7.98. The second kappa shape index (κ2) is 7.14. The van der Waals surface area contributed by atoms with Crippen LogP contribution in [0.1, 0.15) is 6.92 Å². The van der Waals surface area contributed by atoms with Gasteiger partial charge in [0.25, 0.3) is 0 Å². The molecule has 0 aliphatic carbocycles. The predicted molar refractivity (Wildman–Crippen MR) is 91.6 cm³/mol. The minimum Gasteiger partial charge on any atom is -0.442 e. The van der Waals surface area contributed by atoms with E-state index in [0.717, 1.165) is 0 Å². The summed E-state index contributed by atoms with van der Waals surface area (Å²) in [5.41, 5.74) is 0.760. The van der Waals surface area contributed by atoms with E-state index in [1.807, 2.05) is 6.26 Å². The molecule has 1 atom stereocenters. The van der Waals surface area contributed by atoms with Gasteiger partial charge < -0.3 is 10.1 Å². The van der Waals surface area contributed by atoms with Crippen LogP contribution in [0.2, 0.25) is 0 Å². The number of imidazole rings is 1. The SMILES string of the molecule is CSc1nccn1-c1ccc(N2C[C@H](CNC(C)=O)OC2=O)cc1F. The maximum absolute atomic E-state index is 14.6. The summed E-state index contributed by atoms with van der Waals surface area (Å²) in [6.07, 6.45) is 4.12. The second-order valence-corrected chi connectivity index (χ2v) is 6.25. The summed E-state index contributed by atoms with van der Waals surface area (Å²) < 4.78 is 21.4. The first-order valence-electron chi connectivity index (χ1n) is 7.59. The third-order valence-electron chi connectivity index (χ3n) is 3.74. The van der Waals surface area contributed by atoms with Gasteiger partial charge in [-0.05, 0) is 24.5 Å². The maximum atomic E-state index is 14.6. The van der Waals surface area contributed by atoms with Crippen LogP contribution in [0.4, 0.5) is 14.9 Å². The molecule has 0 saturated carbocycles. The summed E-state index contributed by atoms with van der Waals surface area (Å²) in [4.78, 5) is 28.5. The summed E-state index contributed by atoms with van der Waals surface area (Å²) >= 11 is 1.41. The normalized spacial score (nSPS) is 16.8. The smallest absolute Gasteiger partial charge is 0.414 e. The molecule has 0 spiro atoms. The molecular weight excluding hydrogens is 347 g/mol. The average molecular weight is 364 g/mol. The Labute approximate surface area is 148 Å². The molecule has 2 amide bonds. The molecule has 0 radical (unpaired) electrons. The molecule has 2 aromatic rings. The number of hydrogen-bond donors (Lipinski definition) is 1. The van der Waals surface area contributed by atoms with Gasteiger partial charge in [-0.1, -0.05) is 11.8 Å². The minimum absolute atomic E-state index is 0.199. The number of nitrogens with one attached hydrogen (secondary N) is 1. The first kappa shape index (κ1) is 17.3. The highest BCUT2D eigenvalue weighted by Crippen LogP contribution is 2.27. The van der Waals surface area contributed by atoms with E-state index in [9.17, 15) is 14.0 Å². The van der Waals surface area contributed by atoms with Crippen LogP contribution in [0.3, 0.4) is 0 Å². The van der Waals surface area contributed by atoms with Crippen molar-refractivity contribution in [3.8, 4) is 5.69 Å². The lowest BCUT2D eigenvalue weighted by atomic mass is 10.2. The lowest BCUT2D eigenvalue weighted by molar-refractivity contribution is -0.119. The number of benzene rings is 1. The van der Waals surface area contributed by atoms with Gasteiger partial charge in [0, 0.05) is 19.3 Å². The highest BCUT2D eigenvalue weighted by atomic mass is 32.2. The Bertz CT molecular complexity index is 810. The summed E-state index contributed by atoms with van der Waals surface area (Å²) in [7, 11) is 0. The van der Waals surface area contributed by atoms with Crippen LogP contribution >= 0.6 is 11.8 Å². The van der Waals surface area contributed by atoms with Crippen molar-refractivity contribution in [3.05, 3.63) is 36.4 Å². The van der Waals surface area contributed by atoms with Crippen LogP contribution in [0.5, 0.6) is 0 Å². The van der Waals surface area contributed by atoms with Crippen molar-refractivity contribution < 1.29 is 18.7 Å². The van der Waals surface area contributed by atoms with Crippen LogP contribution in [0.15, 0.2) is 35.7 Å². The molecule has 0 unspecified atom stereocenters. The van der Waals surface area contributed by atoms with Crippen molar-refractivity contribution in [1.29, 1.82) is 0 Å². The number of carbonyl (C=O) groups excluding carboxylic acids is 2. The molecule has 1 fully saturated rings. The van der Waals surface area contributed by atoms with Crippen LogP contribution < -0.4 is 10.2 Å². The van der Waals surface area contributed by atoms with Crippen LogP contribution in [-0.4, -0.2) is 47.0 Å². The van der Waals surface area contributed by atoms with Gasteiger partial charge >= 0.3 is 6.09 Å². The quantitative estimate of drug-likeness (QED) is 0.823. The van der Waals surface area contributed by atoms with E-state index in [1.165, 1.54) is 29.7 Å². The van der Waals surface area contributed by atoms with Crippen LogP contribution in [0, 0.1) is 5.82 Å². The van der Waals surface area contributed by atoms with Gasteiger partial charge in [0.2, 0.25) is 5.91 Å². The number of cyclic esters (lactones) is 1. The van der Waals surface area contributed by atoms with Crippen molar-refractivity contribution in [2.24, 2.45) is 0 Å². The monoisotopic (exact) mass is 364 g/mol. The summed E-state index contributed by atoms with van der Waals surface area (Å²) in [6.45, 7) is 1.87. The van der Waals surface area contributed by atoms with E-state index in [2.05, 4.69) is 10.3 Å². The first-order valence-corrected chi connectivity index (χ1v) is 8.82. The summed E-state index contributed by atoms with van der Waals surface area (Å²) in [6, 6.07) is 4.55. The molecule has 132 valence electrons. The average Bonchev–Trinajstić information content (AvgIpc) is 3.19. The van der Waals surface area contributed by atoms with Crippen molar-refractivity contribution >= 4 is 29.4 Å². The number of ether oxygens (including phenoxy) is 1. The fourth-order valence-electron chi connectivity index (χ4n) is 2.58. The third-order valence-corrected chi connectivity index (χ3v) is 4.41. The molecule has 3 rings (SSSR count). The van der Waals surface area contributed by atoms with Gasteiger partial charge in [-0.15, -0.1) is 0 Å². The Morgan fingerprint density at radius 3 is 3.00 bits per heavy atom.